The zero-order chi connectivity index (χ0) is 15.7. The second-order valence-electron chi connectivity index (χ2n) is 7.24. The van der Waals surface area contributed by atoms with Crippen molar-refractivity contribution >= 4 is 0 Å². The molecule has 1 saturated heterocycles. The molecule has 2 aliphatic rings. The van der Waals surface area contributed by atoms with Gasteiger partial charge in [-0.3, -0.25) is 4.90 Å². The number of rotatable bonds is 4. The highest BCUT2D eigenvalue weighted by atomic mass is 16.5. The SMILES string of the molecule is C.COc1cc2c(cc1OC)C1CCC(CC(C)C)CN1CC2. The van der Waals surface area contributed by atoms with E-state index in [0.717, 1.165) is 29.8 Å². The molecule has 3 rings (SSSR count). The van der Waals surface area contributed by atoms with E-state index in [2.05, 4.69) is 30.9 Å². The van der Waals surface area contributed by atoms with E-state index in [0.29, 0.717) is 6.04 Å². The largest absolute Gasteiger partial charge is 0.493 e. The minimum Gasteiger partial charge on any atom is -0.493 e. The Hall–Kier alpha value is -1.22. The average molecular weight is 319 g/mol. The van der Waals surface area contributed by atoms with Crippen molar-refractivity contribution in [1.82, 2.24) is 4.90 Å². The zero-order valence-electron chi connectivity index (χ0n) is 14.4. The van der Waals surface area contributed by atoms with Crippen LogP contribution in [0.25, 0.3) is 0 Å². The Bertz CT molecular complexity index is 527. The fraction of sp³-hybridized carbons (Fsp3) is 0.700. The lowest BCUT2D eigenvalue weighted by Gasteiger charge is -2.44. The average Bonchev–Trinajstić information content (AvgIpc) is 2.52. The van der Waals surface area contributed by atoms with Gasteiger partial charge < -0.3 is 9.47 Å². The number of methoxy groups -OCH3 is 2. The summed E-state index contributed by atoms with van der Waals surface area (Å²) in [5.74, 6) is 3.41. The van der Waals surface area contributed by atoms with Crippen molar-refractivity contribution in [3.8, 4) is 11.5 Å². The van der Waals surface area contributed by atoms with Crippen LogP contribution in [0, 0.1) is 11.8 Å². The molecule has 0 aliphatic carbocycles. The lowest BCUT2D eigenvalue weighted by molar-refractivity contribution is 0.0894. The molecule has 1 aromatic carbocycles. The van der Waals surface area contributed by atoms with Crippen molar-refractivity contribution in [2.75, 3.05) is 27.3 Å². The summed E-state index contributed by atoms with van der Waals surface area (Å²) in [4.78, 5) is 2.70. The molecule has 1 fully saturated rings. The van der Waals surface area contributed by atoms with E-state index in [1.165, 1.54) is 43.5 Å². The molecule has 23 heavy (non-hydrogen) atoms. The van der Waals surface area contributed by atoms with Crippen LogP contribution in [0.2, 0.25) is 0 Å². The normalized spacial score (nSPS) is 23.7. The Morgan fingerprint density at radius 3 is 2.48 bits per heavy atom. The highest BCUT2D eigenvalue weighted by Crippen LogP contribution is 2.43. The first-order chi connectivity index (χ1) is 10.6. The smallest absolute Gasteiger partial charge is 0.161 e. The second kappa shape index (κ2) is 7.57. The van der Waals surface area contributed by atoms with Crippen molar-refractivity contribution in [3.63, 3.8) is 0 Å². The summed E-state index contributed by atoms with van der Waals surface area (Å²) in [7, 11) is 3.45. The van der Waals surface area contributed by atoms with Crippen LogP contribution in [0.15, 0.2) is 12.1 Å². The molecule has 130 valence electrons. The number of hydrogen-bond acceptors (Lipinski definition) is 3. The summed E-state index contributed by atoms with van der Waals surface area (Å²) in [6, 6.07) is 4.98. The maximum absolute atomic E-state index is 5.51. The molecule has 2 unspecified atom stereocenters. The molecular weight excluding hydrogens is 286 g/mol. The highest BCUT2D eigenvalue weighted by Gasteiger charge is 2.34. The van der Waals surface area contributed by atoms with Crippen molar-refractivity contribution in [3.05, 3.63) is 23.3 Å². The molecule has 2 aliphatic heterocycles. The third-order valence-corrected chi connectivity index (χ3v) is 5.26. The summed E-state index contributed by atoms with van der Waals surface area (Å²) in [6.07, 6.45) is 5.12. The summed E-state index contributed by atoms with van der Waals surface area (Å²) in [6.45, 7) is 7.13. The number of ether oxygens (including phenoxy) is 2. The summed E-state index contributed by atoms with van der Waals surface area (Å²) in [5.41, 5.74) is 2.91. The third kappa shape index (κ3) is 3.65. The Balaban J connectivity index is 0.00000192. The number of hydrogen-bond donors (Lipinski definition) is 0. The maximum Gasteiger partial charge on any atom is 0.161 e. The van der Waals surface area contributed by atoms with E-state index < -0.39 is 0 Å². The Morgan fingerprint density at radius 1 is 1.13 bits per heavy atom. The standard InChI is InChI=1S/C19H29NO2.CH4/c1-13(2)9-14-5-6-17-16-11-19(22-4)18(21-3)10-15(16)7-8-20(17)12-14;/h10-11,13-14,17H,5-9,12H2,1-4H3;1H4. The third-order valence-electron chi connectivity index (χ3n) is 5.26. The van der Waals surface area contributed by atoms with Crippen LogP contribution >= 0.6 is 0 Å². The molecule has 0 N–H and O–H groups in total. The van der Waals surface area contributed by atoms with Gasteiger partial charge in [0.05, 0.1) is 14.2 Å². The Labute approximate surface area is 142 Å². The van der Waals surface area contributed by atoms with Crippen LogP contribution in [0.4, 0.5) is 0 Å². The van der Waals surface area contributed by atoms with Gasteiger partial charge in [0, 0.05) is 19.1 Å². The number of piperidine rings is 1. The van der Waals surface area contributed by atoms with Gasteiger partial charge in [0.2, 0.25) is 0 Å². The van der Waals surface area contributed by atoms with E-state index in [1.54, 1.807) is 14.2 Å². The van der Waals surface area contributed by atoms with Crippen LogP contribution in [-0.2, 0) is 6.42 Å². The predicted molar refractivity (Wildman–Crippen MR) is 96.5 cm³/mol. The van der Waals surface area contributed by atoms with Crippen molar-refractivity contribution < 1.29 is 9.47 Å². The van der Waals surface area contributed by atoms with Gasteiger partial charge in [0.25, 0.3) is 0 Å². The number of benzene rings is 1. The molecule has 0 radical (unpaired) electrons. The van der Waals surface area contributed by atoms with Gasteiger partial charge in [-0.25, -0.2) is 0 Å². The van der Waals surface area contributed by atoms with E-state index in [1.807, 2.05) is 0 Å². The van der Waals surface area contributed by atoms with Gasteiger partial charge in [-0.05, 0) is 60.8 Å². The van der Waals surface area contributed by atoms with Crippen molar-refractivity contribution in [1.29, 1.82) is 0 Å². The van der Waals surface area contributed by atoms with E-state index in [-0.39, 0.29) is 7.43 Å². The molecule has 0 saturated carbocycles. The summed E-state index contributed by atoms with van der Waals surface area (Å²) < 4.78 is 11.0. The monoisotopic (exact) mass is 319 g/mol. The first kappa shape index (κ1) is 18.1. The van der Waals surface area contributed by atoms with E-state index in [9.17, 15) is 0 Å². The quantitative estimate of drug-likeness (QED) is 0.803. The van der Waals surface area contributed by atoms with Crippen LogP contribution in [0.3, 0.4) is 0 Å². The lowest BCUT2D eigenvalue weighted by Crippen LogP contribution is -2.42. The van der Waals surface area contributed by atoms with E-state index in [4.69, 9.17) is 9.47 Å². The van der Waals surface area contributed by atoms with Crippen LogP contribution in [0.5, 0.6) is 11.5 Å². The minimum atomic E-state index is 0. The number of fused-ring (bicyclic) bond motifs is 3. The molecule has 0 aromatic heterocycles. The second-order valence-corrected chi connectivity index (χ2v) is 7.24. The van der Waals surface area contributed by atoms with Crippen LogP contribution < -0.4 is 9.47 Å². The minimum absolute atomic E-state index is 0. The fourth-order valence-electron chi connectivity index (χ4n) is 4.31. The molecule has 0 bridgehead atoms. The zero-order valence-corrected chi connectivity index (χ0v) is 14.4. The molecule has 3 nitrogen and oxygen atoms in total. The van der Waals surface area contributed by atoms with Gasteiger partial charge in [-0.15, -0.1) is 0 Å². The lowest BCUT2D eigenvalue weighted by atomic mass is 9.81. The van der Waals surface area contributed by atoms with Gasteiger partial charge in [0.1, 0.15) is 0 Å². The van der Waals surface area contributed by atoms with Crippen molar-refractivity contribution in [2.45, 2.75) is 53.0 Å². The van der Waals surface area contributed by atoms with Crippen molar-refractivity contribution in [2.24, 2.45) is 11.8 Å². The summed E-state index contributed by atoms with van der Waals surface area (Å²) >= 11 is 0. The van der Waals surface area contributed by atoms with Gasteiger partial charge in [-0.2, -0.15) is 0 Å². The first-order valence-corrected chi connectivity index (χ1v) is 8.61. The van der Waals surface area contributed by atoms with Gasteiger partial charge in [-0.1, -0.05) is 21.3 Å². The molecule has 2 heterocycles. The maximum atomic E-state index is 5.51. The van der Waals surface area contributed by atoms with Crippen LogP contribution in [-0.4, -0.2) is 32.2 Å². The summed E-state index contributed by atoms with van der Waals surface area (Å²) in [5, 5.41) is 0. The highest BCUT2D eigenvalue weighted by molar-refractivity contribution is 5.49. The molecule has 0 spiro atoms. The topological polar surface area (TPSA) is 21.7 Å². The van der Waals surface area contributed by atoms with Gasteiger partial charge >= 0.3 is 0 Å². The molecular formula is C20H33NO2. The Morgan fingerprint density at radius 2 is 1.83 bits per heavy atom. The molecule has 0 amide bonds. The number of nitrogens with zero attached hydrogens (tertiary/aromatic N) is 1. The first-order valence-electron chi connectivity index (χ1n) is 8.61. The molecule has 1 aromatic rings. The predicted octanol–water partition coefficient (Wildman–Crippen LogP) is 4.70. The Kier molecular flexibility index (Phi) is 5.96. The molecule has 3 heteroatoms. The van der Waals surface area contributed by atoms with Gasteiger partial charge in [0.15, 0.2) is 11.5 Å². The van der Waals surface area contributed by atoms with Crippen LogP contribution in [0.1, 0.15) is 57.7 Å². The fourth-order valence-corrected chi connectivity index (χ4v) is 4.31. The molecule has 2 atom stereocenters. The van der Waals surface area contributed by atoms with E-state index >= 15 is 0 Å².